The summed E-state index contributed by atoms with van der Waals surface area (Å²) < 4.78 is 7.37. The lowest BCUT2D eigenvalue weighted by Crippen LogP contribution is -2.16. The van der Waals surface area contributed by atoms with Crippen LogP contribution in [-0.4, -0.2) is 29.1 Å². The van der Waals surface area contributed by atoms with Crippen LogP contribution in [0, 0.1) is 0 Å². The van der Waals surface area contributed by atoms with Crippen molar-refractivity contribution >= 4 is 17.2 Å². The van der Waals surface area contributed by atoms with Crippen molar-refractivity contribution in [2.24, 2.45) is 0 Å². The maximum absolute atomic E-state index is 5.94. The summed E-state index contributed by atoms with van der Waals surface area (Å²) in [6.45, 7) is 5.51. The first-order valence-corrected chi connectivity index (χ1v) is 7.09. The number of ether oxygens (including phenoxy) is 1. The molecule has 0 aliphatic carbocycles. The van der Waals surface area contributed by atoms with Gasteiger partial charge in [-0.15, -0.1) is 0 Å². The van der Waals surface area contributed by atoms with Crippen LogP contribution in [0.15, 0.2) is 24.5 Å². The van der Waals surface area contributed by atoms with Gasteiger partial charge in [-0.25, -0.2) is 4.98 Å². The summed E-state index contributed by atoms with van der Waals surface area (Å²) in [6.07, 6.45) is 5.98. The fourth-order valence-electron chi connectivity index (χ4n) is 1.86. The zero-order valence-electron chi connectivity index (χ0n) is 11.2. The maximum atomic E-state index is 5.94. The number of nitrogens with one attached hydrogen (secondary N) is 1. The Kier molecular flexibility index (Phi) is 5.63. The van der Waals surface area contributed by atoms with E-state index in [2.05, 4.69) is 17.2 Å². The van der Waals surface area contributed by atoms with Gasteiger partial charge in [0.15, 0.2) is 0 Å². The number of pyridine rings is 1. The fourth-order valence-corrected chi connectivity index (χ4v) is 2.03. The molecule has 0 amide bonds. The van der Waals surface area contributed by atoms with Gasteiger partial charge >= 0.3 is 0 Å². The Hall–Kier alpha value is -1.10. The number of hydrogen-bond donors (Lipinski definition) is 1. The van der Waals surface area contributed by atoms with Gasteiger partial charge in [0.1, 0.15) is 5.65 Å². The zero-order chi connectivity index (χ0) is 13.5. The molecule has 0 atom stereocenters. The van der Waals surface area contributed by atoms with Crippen LogP contribution in [-0.2, 0) is 11.3 Å². The highest BCUT2D eigenvalue weighted by Gasteiger charge is 2.01. The fraction of sp³-hybridized carbons (Fsp3) is 0.500. The van der Waals surface area contributed by atoms with E-state index in [1.807, 2.05) is 28.9 Å². The standard InChI is InChI=1S/C14H20ClN3O/c1-2-7-19-8-3-6-16-9-13-11-18-10-12(15)4-5-14(18)17-13/h4-5,10-11,16H,2-3,6-9H2,1H3. The molecule has 2 aromatic rings. The highest BCUT2D eigenvalue weighted by Crippen LogP contribution is 2.11. The van der Waals surface area contributed by atoms with Crippen molar-refractivity contribution in [2.45, 2.75) is 26.3 Å². The van der Waals surface area contributed by atoms with E-state index in [0.29, 0.717) is 0 Å². The van der Waals surface area contributed by atoms with E-state index in [1.54, 1.807) is 0 Å². The van der Waals surface area contributed by atoms with Crippen LogP contribution < -0.4 is 5.32 Å². The van der Waals surface area contributed by atoms with E-state index < -0.39 is 0 Å². The highest BCUT2D eigenvalue weighted by atomic mass is 35.5. The molecule has 0 unspecified atom stereocenters. The smallest absolute Gasteiger partial charge is 0.137 e. The molecule has 0 spiro atoms. The van der Waals surface area contributed by atoms with Crippen molar-refractivity contribution in [3.8, 4) is 0 Å². The van der Waals surface area contributed by atoms with Gasteiger partial charge < -0.3 is 14.5 Å². The summed E-state index contributed by atoms with van der Waals surface area (Å²) in [5.41, 5.74) is 1.95. The highest BCUT2D eigenvalue weighted by molar-refractivity contribution is 6.30. The Morgan fingerprint density at radius 3 is 3.05 bits per heavy atom. The van der Waals surface area contributed by atoms with E-state index in [-0.39, 0.29) is 0 Å². The third-order valence-corrected chi connectivity index (χ3v) is 2.99. The van der Waals surface area contributed by atoms with Gasteiger partial charge in [-0.2, -0.15) is 0 Å². The molecule has 0 fully saturated rings. The van der Waals surface area contributed by atoms with Crippen LogP contribution in [0.4, 0.5) is 0 Å². The minimum Gasteiger partial charge on any atom is -0.381 e. The Bertz CT molecular complexity index is 512. The van der Waals surface area contributed by atoms with Crippen molar-refractivity contribution in [3.63, 3.8) is 0 Å². The second kappa shape index (κ2) is 7.48. The van der Waals surface area contributed by atoms with Crippen LogP contribution in [0.5, 0.6) is 0 Å². The van der Waals surface area contributed by atoms with E-state index in [9.17, 15) is 0 Å². The molecule has 104 valence electrons. The van der Waals surface area contributed by atoms with Gasteiger partial charge in [-0.3, -0.25) is 0 Å². The molecule has 0 saturated carbocycles. The molecular weight excluding hydrogens is 262 g/mol. The molecule has 0 radical (unpaired) electrons. The Morgan fingerprint density at radius 2 is 2.21 bits per heavy atom. The predicted octanol–water partition coefficient (Wildman–Crippen LogP) is 2.89. The lowest BCUT2D eigenvalue weighted by Gasteiger charge is -2.03. The molecule has 0 bridgehead atoms. The maximum Gasteiger partial charge on any atom is 0.137 e. The van der Waals surface area contributed by atoms with Gasteiger partial charge in [-0.1, -0.05) is 18.5 Å². The van der Waals surface area contributed by atoms with Crippen LogP contribution >= 0.6 is 11.6 Å². The number of halogens is 1. The molecule has 2 heterocycles. The summed E-state index contributed by atoms with van der Waals surface area (Å²) >= 11 is 5.94. The lowest BCUT2D eigenvalue weighted by atomic mass is 10.4. The summed E-state index contributed by atoms with van der Waals surface area (Å²) in [6, 6.07) is 3.77. The number of nitrogens with zero attached hydrogens (tertiary/aromatic N) is 2. The van der Waals surface area contributed by atoms with Crippen LogP contribution in [0.25, 0.3) is 5.65 Å². The first kappa shape index (κ1) is 14.3. The largest absolute Gasteiger partial charge is 0.381 e. The van der Waals surface area contributed by atoms with Crippen molar-refractivity contribution < 1.29 is 4.74 Å². The van der Waals surface area contributed by atoms with Crippen molar-refractivity contribution in [1.29, 1.82) is 0 Å². The lowest BCUT2D eigenvalue weighted by molar-refractivity contribution is 0.132. The monoisotopic (exact) mass is 281 g/mol. The SMILES string of the molecule is CCCOCCCNCc1cn2cc(Cl)ccc2n1. The summed E-state index contributed by atoms with van der Waals surface area (Å²) in [7, 11) is 0. The molecule has 1 N–H and O–H groups in total. The molecule has 0 aliphatic heterocycles. The minimum absolute atomic E-state index is 0.720. The Balaban J connectivity index is 1.72. The van der Waals surface area contributed by atoms with E-state index in [0.717, 1.165) is 55.5 Å². The Labute approximate surface area is 118 Å². The first-order valence-electron chi connectivity index (χ1n) is 6.71. The van der Waals surface area contributed by atoms with Gasteiger partial charge in [-0.05, 0) is 31.5 Å². The molecule has 2 rings (SSSR count). The summed E-state index contributed by atoms with van der Waals surface area (Å²) in [4.78, 5) is 4.51. The number of rotatable bonds is 8. The second-order valence-electron chi connectivity index (χ2n) is 4.49. The third kappa shape index (κ3) is 4.49. The molecule has 2 aromatic heterocycles. The quantitative estimate of drug-likeness (QED) is 0.756. The molecule has 5 heteroatoms. The number of hydrogen-bond acceptors (Lipinski definition) is 3. The average Bonchev–Trinajstić information content (AvgIpc) is 2.79. The molecule has 0 aliphatic rings. The van der Waals surface area contributed by atoms with Gasteiger partial charge in [0.25, 0.3) is 0 Å². The average molecular weight is 282 g/mol. The van der Waals surface area contributed by atoms with Gasteiger partial charge in [0, 0.05) is 32.2 Å². The normalized spacial score (nSPS) is 11.3. The zero-order valence-corrected chi connectivity index (χ0v) is 12.0. The van der Waals surface area contributed by atoms with Crippen LogP contribution in [0.2, 0.25) is 5.02 Å². The number of imidazole rings is 1. The molecule has 19 heavy (non-hydrogen) atoms. The van der Waals surface area contributed by atoms with E-state index >= 15 is 0 Å². The third-order valence-electron chi connectivity index (χ3n) is 2.76. The summed E-state index contributed by atoms with van der Waals surface area (Å²) in [5, 5.41) is 4.09. The summed E-state index contributed by atoms with van der Waals surface area (Å²) in [5.74, 6) is 0. The van der Waals surface area contributed by atoms with Crippen molar-refractivity contribution in [3.05, 3.63) is 35.2 Å². The number of fused-ring (bicyclic) bond motifs is 1. The molecule has 0 saturated heterocycles. The van der Waals surface area contributed by atoms with Crippen LogP contribution in [0.1, 0.15) is 25.5 Å². The second-order valence-corrected chi connectivity index (χ2v) is 4.92. The van der Waals surface area contributed by atoms with E-state index in [4.69, 9.17) is 16.3 Å². The molecule has 0 aromatic carbocycles. The van der Waals surface area contributed by atoms with Crippen molar-refractivity contribution in [1.82, 2.24) is 14.7 Å². The van der Waals surface area contributed by atoms with Gasteiger partial charge in [0.2, 0.25) is 0 Å². The van der Waals surface area contributed by atoms with E-state index in [1.165, 1.54) is 0 Å². The first-order chi connectivity index (χ1) is 9.29. The minimum atomic E-state index is 0.720. The van der Waals surface area contributed by atoms with Crippen LogP contribution in [0.3, 0.4) is 0 Å². The van der Waals surface area contributed by atoms with Crippen molar-refractivity contribution in [2.75, 3.05) is 19.8 Å². The predicted molar refractivity (Wildman–Crippen MR) is 77.6 cm³/mol. The van der Waals surface area contributed by atoms with Gasteiger partial charge in [0.05, 0.1) is 10.7 Å². The number of aromatic nitrogens is 2. The molecule has 4 nitrogen and oxygen atoms in total. The molecular formula is C14H20ClN3O. The Morgan fingerprint density at radius 1 is 1.32 bits per heavy atom. The topological polar surface area (TPSA) is 38.6 Å².